The minimum absolute atomic E-state index is 0.466. The first-order chi connectivity index (χ1) is 7.66. The molecule has 2 unspecified atom stereocenters. The third kappa shape index (κ3) is 2.54. The van der Waals surface area contributed by atoms with Gasteiger partial charge >= 0.3 is 0 Å². The highest BCUT2D eigenvalue weighted by Gasteiger charge is 2.22. The van der Waals surface area contributed by atoms with E-state index in [0.717, 1.165) is 24.6 Å². The molecule has 0 aliphatic carbocycles. The molecule has 0 aromatic heterocycles. The third-order valence-corrected chi connectivity index (χ3v) is 3.29. The number of nitrogens with two attached hydrogens (primary N) is 1. The van der Waals surface area contributed by atoms with Crippen LogP contribution in [0.2, 0.25) is 0 Å². The van der Waals surface area contributed by atoms with Crippen molar-refractivity contribution in [1.82, 2.24) is 4.90 Å². The molecule has 2 atom stereocenters. The summed E-state index contributed by atoms with van der Waals surface area (Å²) in [5.41, 5.74) is 7.38. The van der Waals surface area contributed by atoms with E-state index in [4.69, 9.17) is 5.73 Å². The Kier molecular flexibility index (Phi) is 3.46. The van der Waals surface area contributed by atoms with E-state index in [1.165, 1.54) is 6.42 Å². The second-order valence-electron chi connectivity index (χ2n) is 4.80. The van der Waals surface area contributed by atoms with Crippen LogP contribution in [0.15, 0.2) is 24.3 Å². The predicted molar refractivity (Wildman–Crippen MR) is 66.0 cm³/mol. The Morgan fingerprint density at radius 1 is 1.50 bits per heavy atom. The molecule has 0 radical (unpaired) electrons. The molecule has 0 saturated carbocycles. The number of β-amino-alcohol motifs (C(OH)–C–C–N with tert-alkyl or cyclic N) is 1. The minimum atomic E-state index is -0.466. The lowest BCUT2D eigenvalue weighted by Crippen LogP contribution is -2.26. The molecule has 2 rings (SSSR count). The van der Waals surface area contributed by atoms with Crippen LogP contribution in [0, 0.1) is 5.92 Å². The molecule has 1 saturated heterocycles. The predicted octanol–water partition coefficient (Wildman–Crippen LogP) is 1.64. The van der Waals surface area contributed by atoms with Crippen LogP contribution < -0.4 is 5.73 Å². The number of aliphatic hydroxyl groups is 1. The van der Waals surface area contributed by atoms with Crippen molar-refractivity contribution in [3.05, 3.63) is 29.8 Å². The van der Waals surface area contributed by atoms with Gasteiger partial charge in [-0.3, -0.25) is 0 Å². The van der Waals surface area contributed by atoms with Crippen LogP contribution in [0.5, 0.6) is 0 Å². The first kappa shape index (κ1) is 11.4. The van der Waals surface area contributed by atoms with Gasteiger partial charge in [-0.2, -0.15) is 0 Å². The normalized spacial score (nSPS) is 23.5. The zero-order valence-corrected chi connectivity index (χ0v) is 9.76. The number of nitrogen functional groups attached to an aromatic ring is 1. The number of hydrogen-bond donors (Lipinski definition) is 2. The van der Waals surface area contributed by atoms with Gasteiger partial charge in [0.1, 0.15) is 0 Å². The number of benzene rings is 1. The van der Waals surface area contributed by atoms with E-state index < -0.39 is 6.10 Å². The van der Waals surface area contributed by atoms with Crippen LogP contribution in [-0.2, 0) is 0 Å². The van der Waals surface area contributed by atoms with E-state index in [-0.39, 0.29) is 0 Å². The molecule has 0 amide bonds. The van der Waals surface area contributed by atoms with Crippen molar-refractivity contribution in [3.63, 3.8) is 0 Å². The maximum atomic E-state index is 10.1. The van der Waals surface area contributed by atoms with Gasteiger partial charge in [0.2, 0.25) is 0 Å². The second kappa shape index (κ2) is 4.85. The molecule has 1 heterocycles. The fraction of sp³-hybridized carbons (Fsp3) is 0.538. The van der Waals surface area contributed by atoms with E-state index in [0.29, 0.717) is 12.2 Å². The molecule has 3 N–H and O–H groups in total. The Morgan fingerprint density at radius 3 is 2.88 bits per heavy atom. The molecule has 1 aliphatic heterocycles. The van der Waals surface area contributed by atoms with E-state index >= 15 is 0 Å². The summed E-state index contributed by atoms with van der Waals surface area (Å²) in [6.07, 6.45) is 0.767. The van der Waals surface area contributed by atoms with Gasteiger partial charge in [0.15, 0.2) is 0 Å². The topological polar surface area (TPSA) is 49.5 Å². The highest BCUT2D eigenvalue weighted by atomic mass is 16.3. The number of rotatable bonds is 3. The fourth-order valence-corrected chi connectivity index (χ4v) is 2.35. The smallest absolute Gasteiger partial charge is 0.0936 e. The number of para-hydroxylation sites is 1. The Labute approximate surface area is 96.9 Å². The van der Waals surface area contributed by atoms with Crippen LogP contribution in [0.4, 0.5) is 5.69 Å². The summed E-state index contributed by atoms with van der Waals surface area (Å²) in [6.45, 7) is 5.12. The molecule has 0 bridgehead atoms. The van der Waals surface area contributed by atoms with Gasteiger partial charge in [0.25, 0.3) is 0 Å². The van der Waals surface area contributed by atoms with Crippen LogP contribution in [-0.4, -0.2) is 29.6 Å². The molecule has 3 nitrogen and oxygen atoms in total. The highest BCUT2D eigenvalue weighted by molar-refractivity contribution is 5.47. The van der Waals surface area contributed by atoms with E-state index in [1.54, 1.807) is 0 Å². The summed E-state index contributed by atoms with van der Waals surface area (Å²) in [6, 6.07) is 7.55. The van der Waals surface area contributed by atoms with E-state index in [2.05, 4.69) is 11.8 Å². The molecular formula is C13H20N2O. The van der Waals surface area contributed by atoms with Crippen LogP contribution >= 0.6 is 0 Å². The van der Waals surface area contributed by atoms with Crippen molar-refractivity contribution in [1.29, 1.82) is 0 Å². The molecule has 3 heteroatoms. The van der Waals surface area contributed by atoms with Crippen LogP contribution in [0.3, 0.4) is 0 Å². The highest BCUT2D eigenvalue weighted by Crippen LogP contribution is 2.23. The van der Waals surface area contributed by atoms with Crippen molar-refractivity contribution < 1.29 is 5.11 Å². The van der Waals surface area contributed by atoms with E-state index in [9.17, 15) is 5.11 Å². The second-order valence-corrected chi connectivity index (χ2v) is 4.80. The molecule has 1 aliphatic rings. The summed E-state index contributed by atoms with van der Waals surface area (Å²) in [5.74, 6) is 0.750. The van der Waals surface area contributed by atoms with Crippen LogP contribution in [0.25, 0.3) is 0 Å². The monoisotopic (exact) mass is 220 g/mol. The molecule has 1 fully saturated rings. The lowest BCUT2D eigenvalue weighted by molar-refractivity contribution is 0.125. The Hall–Kier alpha value is -1.06. The van der Waals surface area contributed by atoms with E-state index in [1.807, 2.05) is 24.3 Å². The summed E-state index contributed by atoms with van der Waals surface area (Å²) in [7, 11) is 0. The van der Waals surface area contributed by atoms with Crippen molar-refractivity contribution in [3.8, 4) is 0 Å². The van der Waals surface area contributed by atoms with Crippen molar-refractivity contribution >= 4 is 5.69 Å². The standard InChI is InChI=1S/C13H20N2O/c1-10-6-7-15(8-10)9-13(16)11-4-2-3-5-12(11)14/h2-5,10,13,16H,6-9,14H2,1H3. The summed E-state index contributed by atoms with van der Waals surface area (Å²) < 4.78 is 0. The number of nitrogens with zero attached hydrogens (tertiary/aromatic N) is 1. The maximum absolute atomic E-state index is 10.1. The largest absolute Gasteiger partial charge is 0.398 e. The van der Waals surface area contributed by atoms with Crippen molar-refractivity contribution in [2.75, 3.05) is 25.4 Å². The molecule has 88 valence electrons. The van der Waals surface area contributed by atoms with Crippen LogP contribution in [0.1, 0.15) is 25.0 Å². The van der Waals surface area contributed by atoms with Gasteiger partial charge in [0, 0.05) is 24.3 Å². The summed E-state index contributed by atoms with van der Waals surface area (Å²) in [5, 5.41) is 10.1. The maximum Gasteiger partial charge on any atom is 0.0936 e. The van der Waals surface area contributed by atoms with Gasteiger partial charge in [0.05, 0.1) is 6.10 Å². The SMILES string of the molecule is CC1CCN(CC(O)c2ccccc2N)C1. The Bertz CT molecular complexity index is 354. The zero-order valence-electron chi connectivity index (χ0n) is 9.76. The van der Waals surface area contributed by atoms with Gasteiger partial charge < -0.3 is 15.7 Å². The number of anilines is 1. The summed E-state index contributed by atoms with van der Waals surface area (Å²) in [4.78, 5) is 2.31. The Balaban J connectivity index is 1.98. The van der Waals surface area contributed by atoms with Gasteiger partial charge in [-0.1, -0.05) is 25.1 Å². The van der Waals surface area contributed by atoms with Gasteiger partial charge in [-0.05, 0) is 24.9 Å². The van der Waals surface area contributed by atoms with Crippen molar-refractivity contribution in [2.24, 2.45) is 5.92 Å². The number of hydrogen-bond acceptors (Lipinski definition) is 3. The third-order valence-electron chi connectivity index (χ3n) is 3.29. The molecule has 1 aromatic carbocycles. The van der Waals surface area contributed by atoms with Gasteiger partial charge in [-0.15, -0.1) is 0 Å². The summed E-state index contributed by atoms with van der Waals surface area (Å²) >= 11 is 0. The van der Waals surface area contributed by atoms with Crippen molar-refractivity contribution in [2.45, 2.75) is 19.4 Å². The fourth-order valence-electron chi connectivity index (χ4n) is 2.35. The quantitative estimate of drug-likeness (QED) is 0.761. The minimum Gasteiger partial charge on any atom is -0.398 e. The first-order valence-corrected chi connectivity index (χ1v) is 5.91. The molecule has 0 spiro atoms. The Morgan fingerprint density at radius 2 is 2.25 bits per heavy atom. The average Bonchev–Trinajstić information content (AvgIpc) is 2.64. The molecule has 16 heavy (non-hydrogen) atoms. The molecular weight excluding hydrogens is 200 g/mol. The zero-order chi connectivity index (χ0) is 11.5. The average molecular weight is 220 g/mol. The first-order valence-electron chi connectivity index (χ1n) is 5.91. The lowest BCUT2D eigenvalue weighted by Gasteiger charge is -2.20. The molecule has 1 aromatic rings. The van der Waals surface area contributed by atoms with Gasteiger partial charge in [-0.25, -0.2) is 0 Å². The lowest BCUT2D eigenvalue weighted by atomic mass is 10.1. The number of likely N-dealkylation sites (tertiary alicyclic amines) is 1. The number of aliphatic hydroxyl groups excluding tert-OH is 1.